The van der Waals surface area contributed by atoms with Crippen LogP contribution in [-0.4, -0.2) is 46.2 Å². The maximum absolute atomic E-state index is 12.3. The van der Waals surface area contributed by atoms with Gasteiger partial charge in [0.1, 0.15) is 5.52 Å². The largest absolute Gasteiger partial charge is 0.390 e. The molecule has 0 fully saturated rings. The van der Waals surface area contributed by atoms with E-state index in [0.29, 0.717) is 29.5 Å². The lowest BCUT2D eigenvalue weighted by Gasteiger charge is -2.20. The Bertz CT molecular complexity index is 579. The molecule has 110 valence electrons. The minimum atomic E-state index is -4.20. The minimum Gasteiger partial charge on any atom is -0.357 e. The highest BCUT2D eigenvalue weighted by Gasteiger charge is 2.28. The van der Waals surface area contributed by atoms with Crippen molar-refractivity contribution < 1.29 is 13.2 Å². The first kappa shape index (κ1) is 14.4. The van der Waals surface area contributed by atoms with Gasteiger partial charge in [0.15, 0.2) is 11.5 Å². The van der Waals surface area contributed by atoms with E-state index in [4.69, 9.17) is 0 Å². The van der Waals surface area contributed by atoms with Crippen LogP contribution in [0, 0.1) is 0 Å². The summed E-state index contributed by atoms with van der Waals surface area (Å²) in [6.45, 7) is 2.31. The number of anilines is 2. The molecule has 2 heterocycles. The third-order valence-electron chi connectivity index (χ3n) is 2.69. The summed E-state index contributed by atoms with van der Waals surface area (Å²) < 4.78 is 36.9. The number of hydrogen-bond acceptors (Lipinski definition) is 5. The van der Waals surface area contributed by atoms with Crippen LogP contribution in [-0.2, 0) is 0 Å². The molecule has 0 aliphatic heterocycles. The Hall–Kier alpha value is -2.06. The molecule has 0 radical (unpaired) electrons. The highest BCUT2D eigenvalue weighted by Crippen LogP contribution is 2.24. The smallest absolute Gasteiger partial charge is 0.357 e. The average molecular weight is 288 g/mol. The van der Waals surface area contributed by atoms with E-state index in [1.807, 2.05) is 6.92 Å². The van der Waals surface area contributed by atoms with Gasteiger partial charge in [0.2, 0.25) is 5.95 Å². The lowest BCUT2D eigenvalue weighted by Crippen LogP contribution is -2.25. The molecule has 0 unspecified atom stereocenters. The van der Waals surface area contributed by atoms with Crippen LogP contribution in [0.3, 0.4) is 0 Å². The second kappa shape index (κ2) is 5.51. The molecule has 6 nitrogen and oxygen atoms in total. The average Bonchev–Trinajstić information content (AvgIpc) is 2.82. The summed E-state index contributed by atoms with van der Waals surface area (Å²) in [6, 6.07) is 0. The van der Waals surface area contributed by atoms with Crippen LogP contribution in [0.15, 0.2) is 6.33 Å². The number of H-pyrrole nitrogens is 1. The fraction of sp³-hybridized carbons (Fsp3) is 0.545. The number of fused-ring (bicyclic) bond motifs is 1. The van der Waals surface area contributed by atoms with Crippen LogP contribution < -0.4 is 10.2 Å². The van der Waals surface area contributed by atoms with Gasteiger partial charge in [-0.15, -0.1) is 0 Å². The third kappa shape index (κ3) is 3.28. The fourth-order valence-corrected chi connectivity index (χ4v) is 1.73. The summed E-state index contributed by atoms with van der Waals surface area (Å²) in [4.78, 5) is 16.7. The van der Waals surface area contributed by atoms with Crippen molar-refractivity contribution in [2.75, 3.05) is 30.4 Å². The van der Waals surface area contributed by atoms with Crippen LogP contribution in [0.4, 0.5) is 24.9 Å². The minimum absolute atomic E-state index is 0.180. The Balaban J connectivity index is 2.28. The van der Waals surface area contributed by atoms with Crippen molar-refractivity contribution in [2.45, 2.75) is 19.5 Å². The molecule has 2 N–H and O–H groups in total. The molecular formula is C11H15F3N6. The molecule has 2 aromatic heterocycles. The maximum atomic E-state index is 12.3. The second-order valence-electron chi connectivity index (χ2n) is 4.29. The van der Waals surface area contributed by atoms with E-state index >= 15 is 0 Å². The molecule has 2 aromatic rings. The van der Waals surface area contributed by atoms with E-state index in [-0.39, 0.29) is 6.54 Å². The summed E-state index contributed by atoms with van der Waals surface area (Å²) in [7, 11) is 1.56. The van der Waals surface area contributed by atoms with Crippen molar-refractivity contribution in [3.63, 3.8) is 0 Å². The third-order valence-corrected chi connectivity index (χ3v) is 2.69. The lowest BCUT2D eigenvalue weighted by atomic mass is 10.3. The predicted octanol–water partition coefficient (Wildman–Crippen LogP) is 2.17. The molecule has 0 aliphatic carbocycles. The number of aromatic amines is 1. The molecule has 0 saturated carbocycles. The molecule has 9 heteroatoms. The molecule has 0 amide bonds. The number of nitrogens with zero attached hydrogens (tertiary/aromatic N) is 4. The van der Waals surface area contributed by atoms with Crippen LogP contribution in [0.25, 0.3) is 11.2 Å². The molecular weight excluding hydrogens is 273 g/mol. The van der Waals surface area contributed by atoms with Crippen molar-refractivity contribution in [1.82, 2.24) is 19.9 Å². The summed E-state index contributed by atoms with van der Waals surface area (Å²) in [5, 5.41) is 2.93. The SMILES string of the molecule is CCNc1nc(N(C)CCC(F)(F)F)c2[nH]cnc2n1. The molecule has 2 rings (SSSR count). The zero-order valence-electron chi connectivity index (χ0n) is 11.1. The summed E-state index contributed by atoms with van der Waals surface area (Å²) >= 11 is 0. The number of rotatable bonds is 5. The fourth-order valence-electron chi connectivity index (χ4n) is 1.73. The van der Waals surface area contributed by atoms with Crippen molar-refractivity contribution in [3.05, 3.63) is 6.33 Å². The Kier molecular flexibility index (Phi) is 3.96. The Morgan fingerprint density at radius 1 is 1.35 bits per heavy atom. The lowest BCUT2D eigenvalue weighted by molar-refractivity contribution is -0.132. The molecule has 0 spiro atoms. The quantitative estimate of drug-likeness (QED) is 0.882. The highest BCUT2D eigenvalue weighted by atomic mass is 19.4. The van der Waals surface area contributed by atoms with Gasteiger partial charge in [-0.2, -0.15) is 23.1 Å². The number of aromatic nitrogens is 4. The van der Waals surface area contributed by atoms with Gasteiger partial charge < -0.3 is 15.2 Å². The predicted molar refractivity (Wildman–Crippen MR) is 69.8 cm³/mol. The van der Waals surface area contributed by atoms with Gasteiger partial charge in [0, 0.05) is 20.1 Å². The molecule has 0 saturated heterocycles. The van der Waals surface area contributed by atoms with E-state index in [1.165, 1.54) is 11.2 Å². The number of halogens is 3. The summed E-state index contributed by atoms with van der Waals surface area (Å²) in [5.74, 6) is 0.744. The van der Waals surface area contributed by atoms with Gasteiger partial charge in [0.05, 0.1) is 12.7 Å². The maximum Gasteiger partial charge on any atom is 0.390 e. The normalized spacial score (nSPS) is 11.8. The van der Waals surface area contributed by atoms with E-state index in [2.05, 4.69) is 25.3 Å². The van der Waals surface area contributed by atoms with Gasteiger partial charge in [-0.05, 0) is 6.92 Å². The summed E-state index contributed by atoms with van der Waals surface area (Å²) in [5.41, 5.74) is 0.945. The first-order valence-corrected chi connectivity index (χ1v) is 6.13. The monoisotopic (exact) mass is 288 g/mol. The van der Waals surface area contributed by atoms with E-state index < -0.39 is 12.6 Å². The Labute approximate surface area is 113 Å². The van der Waals surface area contributed by atoms with Crippen molar-refractivity contribution in [3.8, 4) is 0 Å². The van der Waals surface area contributed by atoms with Crippen molar-refractivity contribution in [2.24, 2.45) is 0 Å². The Morgan fingerprint density at radius 3 is 2.75 bits per heavy atom. The van der Waals surface area contributed by atoms with Crippen LogP contribution >= 0.6 is 0 Å². The number of hydrogen-bond donors (Lipinski definition) is 2. The van der Waals surface area contributed by atoms with E-state index in [1.54, 1.807) is 7.05 Å². The highest BCUT2D eigenvalue weighted by molar-refractivity contribution is 5.84. The van der Waals surface area contributed by atoms with Crippen LogP contribution in [0.1, 0.15) is 13.3 Å². The molecule has 0 aromatic carbocycles. The zero-order valence-corrected chi connectivity index (χ0v) is 11.1. The molecule has 0 bridgehead atoms. The zero-order chi connectivity index (χ0) is 14.8. The second-order valence-corrected chi connectivity index (χ2v) is 4.29. The van der Waals surface area contributed by atoms with E-state index in [0.717, 1.165) is 0 Å². The number of alkyl halides is 3. The van der Waals surface area contributed by atoms with Gasteiger partial charge in [-0.3, -0.25) is 0 Å². The van der Waals surface area contributed by atoms with Crippen molar-refractivity contribution in [1.29, 1.82) is 0 Å². The van der Waals surface area contributed by atoms with Gasteiger partial charge in [0.25, 0.3) is 0 Å². The van der Waals surface area contributed by atoms with Crippen molar-refractivity contribution >= 4 is 22.9 Å². The molecule has 0 atom stereocenters. The number of nitrogens with one attached hydrogen (secondary N) is 2. The van der Waals surface area contributed by atoms with Crippen LogP contribution in [0.5, 0.6) is 0 Å². The standard InChI is InChI=1S/C11H15F3N6/c1-3-15-10-18-8-7(16-6-17-8)9(19-10)20(2)5-4-11(12,13)14/h6H,3-5H2,1-2H3,(H2,15,16,17,18,19). The van der Waals surface area contributed by atoms with E-state index in [9.17, 15) is 13.2 Å². The van der Waals surface area contributed by atoms with Gasteiger partial charge >= 0.3 is 6.18 Å². The Morgan fingerprint density at radius 2 is 2.10 bits per heavy atom. The topological polar surface area (TPSA) is 69.7 Å². The van der Waals surface area contributed by atoms with Gasteiger partial charge in [-0.1, -0.05) is 0 Å². The first-order chi connectivity index (χ1) is 9.40. The molecule has 20 heavy (non-hydrogen) atoms. The van der Waals surface area contributed by atoms with Gasteiger partial charge in [-0.25, -0.2) is 4.98 Å². The number of imidazole rings is 1. The van der Waals surface area contributed by atoms with Crippen LogP contribution in [0.2, 0.25) is 0 Å². The molecule has 0 aliphatic rings. The summed E-state index contributed by atoms with van der Waals surface area (Å²) in [6.07, 6.45) is -3.66. The first-order valence-electron chi connectivity index (χ1n) is 6.13.